The van der Waals surface area contributed by atoms with Crippen LogP contribution in [-0.2, 0) is 4.79 Å². The van der Waals surface area contributed by atoms with E-state index in [-0.39, 0.29) is 12.1 Å². The van der Waals surface area contributed by atoms with Crippen LogP contribution in [0.1, 0.15) is 17.4 Å². The average Bonchev–Trinajstić information content (AvgIpc) is 2.53. The third-order valence-electron chi connectivity index (χ3n) is 2.13. The zero-order chi connectivity index (χ0) is 9.26. The lowest BCUT2D eigenvalue weighted by Gasteiger charge is -2.12. The van der Waals surface area contributed by atoms with Gasteiger partial charge in [-0.3, -0.25) is 15.1 Å². The summed E-state index contributed by atoms with van der Waals surface area (Å²) in [7, 11) is 0. The Balaban J connectivity index is 2.26. The summed E-state index contributed by atoms with van der Waals surface area (Å²) in [6.07, 6.45) is 1.68. The van der Waals surface area contributed by atoms with Crippen LogP contribution in [0.4, 0.5) is 0 Å². The number of pyridine rings is 1. The second kappa shape index (κ2) is 3.14. The number of nitrogens with zero attached hydrogens (tertiary/aromatic N) is 1. The third kappa shape index (κ3) is 1.53. The van der Waals surface area contributed by atoms with Gasteiger partial charge in [-0.1, -0.05) is 6.07 Å². The van der Waals surface area contributed by atoms with E-state index in [9.17, 15) is 4.79 Å². The van der Waals surface area contributed by atoms with Crippen molar-refractivity contribution in [1.82, 2.24) is 15.6 Å². The van der Waals surface area contributed by atoms with Crippen molar-refractivity contribution in [3.63, 3.8) is 0 Å². The van der Waals surface area contributed by atoms with E-state index in [1.165, 1.54) is 0 Å². The molecule has 0 aromatic carbocycles. The molecule has 2 heterocycles. The van der Waals surface area contributed by atoms with Crippen LogP contribution in [-0.4, -0.2) is 17.4 Å². The van der Waals surface area contributed by atoms with Crippen LogP contribution in [0.15, 0.2) is 18.3 Å². The molecule has 1 amide bonds. The summed E-state index contributed by atoms with van der Waals surface area (Å²) in [5.74, 6) is 0.0354. The highest BCUT2D eigenvalue weighted by Gasteiger charge is 2.22. The number of hydrogen-bond acceptors (Lipinski definition) is 3. The highest BCUT2D eigenvalue weighted by atomic mass is 16.2. The topological polar surface area (TPSA) is 54.0 Å². The molecule has 1 saturated heterocycles. The van der Waals surface area contributed by atoms with E-state index in [0.717, 1.165) is 11.3 Å². The number of carbonyl (C=O) groups excluding carboxylic acids is 1. The Bertz CT molecular complexity index is 337. The molecule has 2 N–H and O–H groups in total. The maximum absolute atomic E-state index is 10.9. The van der Waals surface area contributed by atoms with Crippen molar-refractivity contribution in [1.29, 1.82) is 0 Å². The lowest BCUT2D eigenvalue weighted by molar-refractivity contribution is -0.118. The maximum Gasteiger partial charge on any atom is 0.235 e. The predicted octanol–water partition coefficient (Wildman–Crippen LogP) is 0.108. The molecule has 0 bridgehead atoms. The number of aromatic nitrogens is 1. The molecule has 0 saturated carbocycles. The minimum absolute atomic E-state index is 0.0354. The van der Waals surface area contributed by atoms with Gasteiger partial charge in [0.15, 0.2) is 0 Å². The molecule has 13 heavy (non-hydrogen) atoms. The fourth-order valence-electron chi connectivity index (χ4n) is 1.45. The Morgan fingerprint density at radius 2 is 2.46 bits per heavy atom. The van der Waals surface area contributed by atoms with Crippen molar-refractivity contribution >= 4 is 5.91 Å². The van der Waals surface area contributed by atoms with E-state index in [1.54, 1.807) is 6.20 Å². The minimum atomic E-state index is -0.0683. The van der Waals surface area contributed by atoms with Crippen molar-refractivity contribution in [2.24, 2.45) is 0 Å². The molecule has 1 aromatic rings. The minimum Gasteiger partial charge on any atom is -0.335 e. The molecule has 1 unspecified atom stereocenters. The smallest absolute Gasteiger partial charge is 0.235 e. The second-order valence-electron chi connectivity index (χ2n) is 3.06. The molecule has 0 aliphatic carbocycles. The molecular formula is C9H11N3O. The van der Waals surface area contributed by atoms with Crippen molar-refractivity contribution in [2.75, 3.05) is 6.54 Å². The average molecular weight is 177 g/mol. The van der Waals surface area contributed by atoms with Crippen molar-refractivity contribution in [3.05, 3.63) is 29.6 Å². The highest BCUT2D eigenvalue weighted by Crippen LogP contribution is 2.14. The van der Waals surface area contributed by atoms with Gasteiger partial charge >= 0.3 is 0 Å². The third-order valence-corrected chi connectivity index (χ3v) is 2.13. The number of hydrogen-bond donors (Lipinski definition) is 2. The van der Waals surface area contributed by atoms with Gasteiger partial charge in [0.25, 0.3) is 0 Å². The Labute approximate surface area is 76.4 Å². The molecule has 4 heteroatoms. The number of amides is 1. The standard InChI is InChI=1S/C9H11N3O/c1-6-7(3-2-4-10-6)9-11-5-8(13)12-9/h2-4,9,11H,5H2,1H3,(H,12,13). The summed E-state index contributed by atoms with van der Waals surface area (Å²) in [4.78, 5) is 15.1. The van der Waals surface area contributed by atoms with Crippen molar-refractivity contribution < 1.29 is 4.79 Å². The lowest BCUT2D eigenvalue weighted by atomic mass is 10.1. The molecule has 1 aromatic heterocycles. The Morgan fingerprint density at radius 3 is 3.08 bits per heavy atom. The van der Waals surface area contributed by atoms with Crippen LogP contribution >= 0.6 is 0 Å². The molecule has 1 fully saturated rings. The number of aryl methyl sites for hydroxylation is 1. The first-order valence-corrected chi connectivity index (χ1v) is 4.21. The molecule has 0 spiro atoms. The fraction of sp³-hybridized carbons (Fsp3) is 0.333. The SMILES string of the molecule is Cc1ncccc1C1NCC(=O)N1. The summed E-state index contributed by atoms with van der Waals surface area (Å²) in [5, 5.41) is 5.88. The lowest BCUT2D eigenvalue weighted by Crippen LogP contribution is -2.23. The van der Waals surface area contributed by atoms with Crippen molar-refractivity contribution in [2.45, 2.75) is 13.1 Å². The molecule has 1 atom stereocenters. The second-order valence-corrected chi connectivity index (χ2v) is 3.06. The van der Waals surface area contributed by atoms with E-state index in [4.69, 9.17) is 0 Å². The monoisotopic (exact) mass is 177 g/mol. The highest BCUT2D eigenvalue weighted by molar-refractivity contribution is 5.80. The van der Waals surface area contributed by atoms with Crippen LogP contribution in [0.2, 0.25) is 0 Å². The molecule has 4 nitrogen and oxygen atoms in total. The molecule has 2 rings (SSSR count). The van der Waals surface area contributed by atoms with Crippen LogP contribution in [0.25, 0.3) is 0 Å². The first-order chi connectivity index (χ1) is 6.27. The first-order valence-electron chi connectivity index (χ1n) is 4.21. The molecule has 1 aliphatic rings. The van der Waals surface area contributed by atoms with Gasteiger partial charge in [-0.2, -0.15) is 0 Å². The van der Waals surface area contributed by atoms with Crippen LogP contribution in [0.5, 0.6) is 0 Å². The van der Waals surface area contributed by atoms with Crippen LogP contribution in [0, 0.1) is 6.92 Å². The fourth-order valence-corrected chi connectivity index (χ4v) is 1.45. The van der Waals surface area contributed by atoms with E-state index in [0.29, 0.717) is 6.54 Å². The van der Waals surface area contributed by atoms with Crippen LogP contribution < -0.4 is 10.6 Å². The van der Waals surface area contributed by atoms with Crippen molar-refractivity contribution in [3.8, 4) is 0 Å². The molecule has 68 valence electrons. The first kappa shape index (κ1) is 8.19. The van der Waals surface area contributed by atoms with Gasteiger partial charge in [-0.25, -0.2) is 0 Å². The predicted molar refractivity (Wildman–Crippen MR) is 47.9 cm³/mol. The molecular weight excluding hydrogens is 166 g/mol. The Hall–Kier alpha value is -1.42. The van der Waals surface area contributed by atoms with Gasteiger partial charge in [0.2, 0.25) is 5.91 Å². The maximum atomic E-state index is 10.9. The van der Waals surface area contributed by atoms with Gasteiger partial charge in [-0.05, 0) is 13.0 Å². The Morgan fingerprint density at radius 1 is 1.62 bits per heavy atom. The van der Waals surface area contributed by atoms with Gasteiger partial charge < -0.3 is 5.32 Å². The quantitative estimate of drug-likeness (QED) is 0.640. The number of nitrogens with one attached hydrogen (secondary N) is 2. The van der Waals surface area contributed by atoms with E-state index in [1.807, 2.05) is 19.1 Å². The summed E-state index contributed by atoms with van der Waals surface area (Å²) in [5.41, 5.74) is 1.98. The number of carbonyl (C=O) groups is 1. The number of rotatable bonds is 1. The van der Waals surface area contributed by atoms with Gasteiger partial charge in [-0.15, -0.1) is 0 Å². The summed E-state index contributed by atoms with van der Waals surface area (Å²) >= 11 is 0. The van der Waals surface area contributed by atoms with E-state index >= 15 is 0 Å². The summed E-state index contributed by atoms with van der Waals surface area (Å²) in [6, 6.07) is 3.83. The van der Waals surface area contributed by atoms with Gasteiger partial charge in [0.1, 0.15) is 6.17 Å². The molecule has 1 aliphatic heterocycles. The van der Waals surface area contributed by atoms with E-state index < -0.39 is 0 Å². The molecule has 0 radical (unpaired) electrons. The zero-order valence-corrected chi connectivity index (χ0v) is 7.37. The Kier molecular flexibility index (Phi) is 1.98. The largest absolute Gasteiger partial charge is 0.335 e. The normalized spacial score (nSPS) is 21.6. The summed E-state index contributed by atoms with van der Waals surface area (Å²) in [6.45, 7) is 2.32. The van der Waals surface area contributed by atoms with E-state index in [2.05, 4.69) is 15.6 Å². The summed E-state index contributed by atoms with van der Waals surface area (Å²) < 4.78 is 0. The van der Waals surface area contributed by atoms with Crippen LogP contribution in [0.3, 0.4) is 0 Å². The van der Waals surface area contributed by atoms with Gasteiger partial charge in [0.05, 0.1) is 6.54 Å². The van der Waals surface area contributed by atoms with Gasteiger partial charge in [0, 0.05) is 17.5 Å². The zero-order valence-electron chi connectivity index (χ0n) is 7.37.